The van der Waals surface area contributed by atoms with Gasteiger partial charge in [-0.15, -0.1) is 0 Å². The molecule has 98 valence electrons. The maximum absolute atomic E-state index is 11.9. The molecule has 1 aromatic heterocycles. The van der Waals surface area contributed by atoms with Crippen LogP contribution < -0.4 is 16.6 Å². The van der Waals surface area contributed by atoms with E-state index in [2.05, 4.69) is 15.7 Å². The van der Waals surface area contributed by atoms with Gasteiger partial charge in [0.25, 0.3) is 5.91 Å². The standard InChI is InChI=1S/C12H18N4OS/c13-16-11-6-3-5-10(15-11)12(17)14-8-9-4-1-2-7-18-9/h3,5-6,9H,1-2,4,7-8,13H2,(H,14,17)(H,15,16). The Morgan fingerprint density at radius 3 is 3.11 bits per heavy atom. The number of hydrogen-bond donors (Lipinski definition) is 3. The van der Waals surface area contributed by atoms with Crippen LogP contribution in [0.1, 0.15) is 29.8 Å². The van der Waals surface area contributed by atoms with E-state index in [0.29, 0.717) is 23.3 Å². The molecule has 2 heterocycles. The minimum Gasteiger partial charge on any atom is -0.350 e. The second-order valence-electron chi connectivity index (χ2n) is 4.25. The first-order valence-corrected chi connectivity index (χ1v) is 7.18. The molecular weight excluding hydrogens is 248 g/mol. The van der Waals surface area contributed by atoms with Gasteiger partial charge in [0, 0.05) is 11.8 Å². The molecule has 1 unspecified atom stereocenters. The number of nitrogens with two attached hydrogens (primary N) is 1. The van der Waals surface area contributed by atoms with Crippen LogP contribution >= 0.6 is 11.8 Å². The average Bonchev–Trinajstić information content (AvgIpc) is 2.46. The summed E-state index contributed by atoms with van der Waals surface area (Å²) < 4.78 is 0. The van der Waals surface area contributed by atoms with Crippen LogP contribution in [0.2, 0.25) is 0 Å². The number of rotatable bonds is 4. The Kier molecular flexibility index (Phi) is 4.83. The van der Waals surface area contributed by atoms with Crippen LogP contribution in [0.15, 0.2) is 18.2 Å². The van der Waals surface area contributed by atoms with E-state index in [-0.39, 0.29) is 5.91 Å². The molecule has 6 heteroatoms. The number of hydrogen-bond acceptors (Lipinski definition) is 5. The fourth-order valence-corrected chi connectivity index (χ4v) is 3.15. The van der Waals surface area contributed by atoms with E-state index >= 15 is 0 Å². The van der Waals surface area contributed by atoms with Crippen molar-refractivity contribution in [3.8, 4) is 0 Å². The van der Waals surface area contributed by atoms with Gasteiger partial charge in [-0.3, -0.25) is 4.79 Å². The SMILES string of the molecule is NNc1cccc(C(=O)NCC2CCCCS2)n1. The maximum atomic E-state index is 11.9. The zero-order valence-electron chi connectivity index (χ0n) is 10.2. The molecule has 1 aromatic rings. The third-order valence-electron chi connectivity index (χ3n) is 2.89. The number of carbonyl (C=O) groups excluding carboxylic acids is 1. The first-order valence-electron chi connectivity index (χ1n) is 6.13. The molecule has 1 atom stereocenters. The molecular formula is C12H18N4OS. The van der Waals surface area contributed by atoms with Crippen LogP contribution in [0.4, 0.5) is 5.82 Å². The lowest BCUT2D eigenvalue weighted by Crippen LogP contribution is -2.32. The highest BCUT2D eigenvalue weighted by atomic mass is 32.2. The second kappa shape index (κ2) is 6.61. The molecule has 0 spiro atoms. The smallest absolute Gasteiger partial charge is 0.270 e. The third kappa shape index (κ3) is 3.61. The molecule has 1 amide bonds. The van der Waals surface area contributed by atoms with E-state index in [4.69, 9.17) is 5.84 Å². The first kappa shape index (κ1) is 13.2. The lowest BCUT2D eigenvalue weighted by atomic mass is 10.2. The number of nitrogens with one attached hydrogen (secondary N) is 2. The Morgan fingerprint density at radius 2 is 2.39 bits per heavy atom. The minimum absolute atomic E-state index is 0.140. The first-order chi connectivity index (χ1) is 8.79. The lowest BCUT2D eigenvalue weighted by Gasteiger charge is -2.21. The summed E-state index contributed by atoms with van der Waals surface area (Å²) in [6.45, 7) is 0.714. The highest BCUT2D eigenvalue weighted by Gasteiger charge is 2.15. The van der Waals surface area contributed by atoms with E-state index in [0.717, 1.165) is 0 Å². The van der Waals surface area contributed by atoms with Gasteiger partial charge < -0.3 is 10.7 Å². The van der Waals surface area contributed by atoms with Gasteiger partial charge in [0.05, 0.1) is 0 Å². The molecule has 5 nitrogen and oxygen atoms in total. The van der Waals surface area contributed by atoms with Crippen molar-refractivity contribution >= 4 is 23.5 Å². The van der Waals surface area contributed by atoms with E-state index < -0.39 is 0 Å². The van der Waals surface area contributed by atoms with E-state index in [9.17, 15) is 4.79 Å². The predicted octanol–water partition coefficient (Wildman–Crippen LogP) is 1.38. The summed E-state index contributed by atoms with van der Waals surface area (Å²) in [5.74, 6) is 6.82. The number of anilines is 1. The summed E-state index contributed by atoms with van der Waals surface area (Å²) in [6, 6.07) is 5.16. The Balaban J connectivity index is 1.86. The van der Waals surface area contributed by atoms with E-state index in [1.807, 2.05) is 11.8 Å². The number of amides is 1. The van der Waals surface area contributed by atoms with Gasteiger partial charge in [0.2, 0.25) is 0 Å². The number of nitrogen functional groups attached to an aromatic ring is 1. The van der Waals surface area contributed by atoms with Crippen LogP contribution in [-0.2, 0) is 0 Å². The van der Waals surface area contributed by atoms with Crippen LogP contribution in [0, 0.1) is 0 Å². The number of thioether (sulfide) groups is 1. The van der Waals surface area contributed by atoms with Crippen molar-refractivity contribution in [3.63, 3.8) is 0 Å². The van der Waals surface area contributed by atoms with Crippen molar-refractivity contribution in [1.29, 1.82) is 0 Å². The third-order valence-corrected chi connectivity index (χ3v) is 4.29. The van der Waals surface area contributed by atoms with Crippen LogP contribution in [-0.4, -0.2) is 28.4 Å². The number of pyridine rings is 1. The van der Waals surface area contributed by atoms with Crippen molar-refractivity contribution in [1.82, 2.24) is 10.3 Å². The Bertz CT molecular complexity index is 407. The minimum atomic E-state index is -0.140. The summed E-state index contributed by atoms with van der Waals surface area (Å²) in [5.41, 5.74) is 2.83. The maximum Gasteiger partial charge on any atom is 0.270 e. The van der Waals surface area contributed by atoms with Gasteiger partial charge >= 0.3 is 0 Å². The molecule has 0 radical (unpaired) electrons. The fourth-order valence-electron chi connectivity index (χ4n) is 1.91. The number of aromatic nitrogens is 1. The zero-order valence-corrected chi connectivity index (χ0v) is 11.0. The van der Waals surface area contributed by atoms with Gasteiger partial charge in [-0.1, -0.05) is 12.5 Å². The van der Waals surface area contributed by atoms with Crippen molar-refractivity contribution in [2.45, 2.75) is 24.5 Å². The van der Waals surface area contributed by atoms with Crippen LogP contribution in [0.3, 0.4) is 0 Å². The summed E-state index contributed by atoms with van der Waals surface area (Å²) in [4.78, 5) is 16.0. The molecule has 0 aliphatic carbocycles. The molecule has 0 saturated carbocycles. The Hall–Kier alpha value is -1.27. The molecule has 1 aliphatic heterocycles. The van der Waals surface area contributed by atoms with Crippen molar-refractivity contribution in [2.24, 2.45) is 5.84 Å². The topological polar surface area (TPSA) is 80.0 Å². The Morgan fingerprint density at radius 1 is 1.50 bits per heavy atom. The molecule has 0 aromatic carbocycles. The summed E-state index contributed by atoms with van der Waals surface area (Å²) in [6.07, 6.45) is 3.74. The Labute approximate surface area is 111 Å². The summed E-state index contributed by atoms with van der Waals surface area (Å²) in [5, 5.41) is 3.47. The van der Waals surface area contributed by atoms with Gasteiger partial charge in [-0.25, -0.2) is 10.8 Å². The molecule has 18 heavy (non-hydrogen) atoms. The lowest BCUT2D eigenvalue weighted by molar-refractivity contribution is 0.0948. The molecule has 1 saturated heterocycles. The van der Waals surface area contributed by atoms with Crippen molar-refractivity contribution in [3.05, 3.63) is 23.9 Å². The number of nitrogens with zero attached hydrogens (tertiary/aromatic N) is 1. The zero-order chi connectivity index (χ0) is 12.8. The quantitative estimate of drug-likeness (QED) is 0.567. The van der Waals surface area contributed by atoms with Gasteiger partial charge in [-0.2, -0.15) is 11.8 Å². The normalized spacial score (nSPS) is 19.3. The fraction of sp³-hybridized carbons (Fsp3) is 0.500. The number of carbonyl (C=O) groups is 1. The molecule has 1 aliphatic rings. The van der Waals surface area contributed by atoms with Crippen molar-refractivity contribution in [2.75, 3.05) is 17.7 Å². The summed E-state index contributed by atoms with van der Waals surface area (Å²) >= 11 is 1.94. The van der Waals surface area contributed by atoms with Gasteiger partial charge in [-0.05, 0) is 30.7 Å². The molecule has 1 fully saturated rings. The highest BCUT2D eigenvalue weighted by molar-refractivity contribution is 7.99. The molecule has 2 rings (SSSR count). The number of hydrazine groups is 1. The monoisotopic (exact) mass is 266 g/mol. The van der Waals surface area contributed by atoms with Crippen LogP contribution in [0.25, 0.3) is 0 Å². The largest absolute Gasteiger partial charge is 0.350 e. The molecule has 0 bridgehead atoms. The summed E-state index contributed by atoms with van der Waals surface area (Å²) in [7, 11) is 0. The predicted molar refractivity (Wildman–Crippen MR) is 74.5 cm³/mol. The second-order valence-corrected chi connectivity index (χ2v) is 5.66. The van der Waals surface area contributed by atoms with Gasteiger partial charge in [0.1, 0.15) is 11.5 Å². The van der Waals surface area contributed by atoms with Gasteiger partial charge in [0.15, 0.2) is 0 Å². The van der Waals surface area contributed by atoms with E-state index in [1.54, 1.807) is 18.2 Å². The molecule has 4 N–H and O–H groups in total. The average molecular weight is 266 g/mol. The van der Waals surface area contributed by atoms with Crippen LogP contribution in [0.5, 0.6) is 0 Å². The van der Waals surface area contributed by atoms with Crippen molar-refractivity contribution < 1.29 is 4.79 Å². The van der Waals surface area contributed by atoms with E-state index in [1.165, 1.54) is 25.0 Å². The highest BCUT2D eigenvalue weighted by Crippen LogP contribution is 2.24.